The first kappa shape index (κ1) is 13.1. The summed E-state index contributed by atoms with van der Waals surface area (Å²) in [4.78, 5) is 13.7. The molecular formula is C16H17N3OS. The number of anilines is 1. The molecular weight excluding hydrogens is 282 g/mol. The van der Waals surface area contributed by atoms with E-state index in [1.807, 2.05) is 0 Å². The second-order valence-electron chi connectivity index (χ2n) is 6.12. The van der Waals surface area contributed by atoms with Crippen molar-refractivity contribution in [1.29, 1.82) is 5.26 Å². The van der Waals surface area contributed by atoms with Crippen LogP contribution in [0.15, 0.2) is 12.2 Å². The zero-order valence-electron chi connectivity index (χ0n) is 11.7. The molecule has 1 saturated carbocycles. The van der Waals surface area contributed by atoms with Crippen molar-refractivity contribution in [3.05, 3.63) is 28.2 Å². The summed E-state index contributed by atoms with van der Waals surface area (Å²) in [6, 6.07) is 2.29. The highest BCUT2D eigenvalue weighted by molar-refractivity contribution is 7.16. The topological polar surface area (TPSA) is 64.9 Å². The van der Waals surface area contributed by atoms with Gasteiger partial charge in [-0.3, -0.25) is 4.79 Å². The summed E-state index contributed by atoms with van der Waals surface area (Å²) < 4.78 is 0. The normalized spacial score (nSPS) is 29.2. The summed E-state index contributed by atoms with van der Waals surface area (Å²) in [5, 5.41) is 16.5. The van der Waals surface area contributed by atoms with Gasteiger partial charge in [-0.15, -0.1) is 11.3 Å². The predicted octanol–water partition coefficient (Wildman–Crippen LogP) is 2.42. The van der Waals surface area contributed by atoms with E-state index in [9.17, 15) is 10.1 Å². The first-order valence-corrected chi connectivity index (χ1v) is 8.32. The molecule has 1 aliphatic heterocycles. The number of carbonyl (C=O) groups excluding carboxylic acids is 1. The number of hydrogen-bond acceptors (Lipinski definition) is 4. The Morgan fingerprint density at radius 3 is 3.05 bits per heavy atom. The third-order valence-corrected chi connectivity index (χ3v) is 6.04. The Balaban J connectivity index is 1.57. The highest BCUT2D eigenvalue weighted by Crippen LogP contribution is 2.44. The fraction of sp³-hybridized carbons (Fsp3) is 0.500. The van der Waals surface area contributed by atoms with Gasteiger partial charge in [0.1, 0.15) is 11.1 Å². The Kier molecular flexibility index (Phi) is 3.09. The minimum atomic E-state index is 0.0868. The molecule has 1 aromatic rings. The fourth-order valence-electron chi connectivity index (χ4n) is 3.83. The Bertz CT molecular complexity index is 670. The average Bonchev–Trinajstić information content (AvgIpc) is 3.20. The molecule has 3 aliphatic rings. The highest BCUT2D eigenvalue weighted by atomic mass is 32.1. The molecule has 5 heteroatoms. The van der Waals surface area contributed by atoms with E-state index in [2.05, 4.69) is 28.9 Å². The van der Waals surface area contributed by atoms with Crippen molar-refractivity contribution in [2.75, 3.05) is 11.9 Å². The van der Waals surface area contributed by atoms with E-state index in [-0.39, 0.29) is 11.8 Å². The van der Waals surface area contributed by atoms with Crippen LogP contribution in [0, 0.1) is 29.1 Å². The summed E-state index contributed by atoms with van der Waals surface area (Å²) in [5.41, 5.74) is 1.81. The van der Waals surface area contributed by atoms with Crippen LogP contribution < -0.4 is 10.6 Å². The van der Waals surface area contributed by atoms with Crippen molar-refractivity contribution in [3.63, 3.8) is 0 Å². The number of thiophene rings is 1. The van der Waals surface area contributed by atoms with E-state index >= 15 is 0 Å². The van der Waals surface area contributed by atoms with Gasteiger partial charge < -0.3 is 10.6 Å². The molecule has 0 radical (unpaired) electrons. The van der Waals surface area contributed by atoms with Crippen LogP contribution in [0.1, 0.15) is 28.8 Å². The summed E-state index contributed by atoms with van der Waals surface area (Å²) in [7, 11) is 0. The maximum Gasteiger partial charge on any atom is 0.228 e. The Morgan fingerprint density at radius 1 is 1.43 bits per heavy atom. The van der Waals surface area contributed by atoms with Crippen molar-refractivity contribution >= 4 is 22.2 Å². The molecule has 1 amide bonds. The summed E-state index contributed by atoms with van der Waals surface area (Å²) in [6.07, 6.45) is 7.38. The number of allylic oxidation sites excluding steroid dienone is 2. The minimum absolute atomic E-state index is 0.0868. The van der Waals surface area contributed by atoms with Crippen LogP contribution in [0.2, 0.25) is 0 Å². The van der Waals surface area contributed by atoms with Crippen LogP contribution >= 0.6 is 11.3 Å². The standard InChI is InChI=1S/C16H17N3OS/c17-7-13-11-3-4-18-8-14(11)21-16(13)19-15(20)12-6-9-1-2-10(12)5-9/h1-2,9-10,12,18H,3-6,8H2,(H,19,20). The van der Waals surface area contributed by atoms with Crippen LogP contribution in [-0.4, -0.2) is 12.5 Å². The van der Waals surface area contributed by atoms with Gasteiger partial charge in [0.05, 0.1) is 5.56 Å². The molecule has 21 heavy (non-hydrogen) atoms. The molecule has 3 atom stereocenters. The molecule has 2 bridgehead atoms. The molecule has 2 N–H and O–H groups in total. The second kappa shape index (κ2) is 4.97. The van der Waals surface area contributed by atoms with Gasteiger partial charge in [0.2, 0.25) is 5.91 Å². The number of amides is 1. The van der Waals surface area contributed by atoms with E-state index in [0.29, 0.717) is 17.4 Å². The maximum absolute atomic E-state index is 12.5. The molecule has 1 aromatic heterocycles. The summed E-state index contributed by atoms with van der Waals surface area (Å²) >= 11 is 1.56. The molecule has 3 unspecified atom stereocenters. The lowest BCUT2D eigenvalue weighted by molar-refractivity contribution is -0.120. The van der Waals surface area contributed by atoms with Crippen LogP contribution in [0.3, 0.4) is 0 Å². The highest BCUT2D eigenvalue weighted by Gasteiger charge is 2.40. The van der Waals surface area contributed by atoms with E-state index in [1.54, 1.807) is 11.3 Å². The van der Waals surface area contributed by atoms with Crippen molar-refractivity contribution in [2.24, 2.45) is 17.8 Å². The number of nitrogens with zero attached hydrogens (tertiary/aromatic N) is 1. The lowest BCUT2D eigenvalue weighted by Gasteiger charge is -2.17. The number of hydrogen-bond donors (Lipinski definition) is 2. The molecule has 2 aliphatic carbocycles. The lowest BCUT2D eigenvalue weighted by atomic mass is 9.93. The van der Waals surface area contributed by atoms with Gasteiger partial charge in [-0.1, -0.05) is 12.2 Å². The van der Waals surface area contributed by atoms with E-state index in [4.69, 9.17) is 0 Å². The zero-order valence-corrected chi connectivity index (χ0v) is 12.5. The minimum Gasteiger partial charge on any atom is -0.316 e. The van der Waals surface area contributed by atoms with Crippen molar-refractivity contribution in [1.82, 2.24) is 5.32 Å². The van der Waals surface area contributed by atoms with Crippen LogP contribution in [0.25, 0.3) is 0 Å². The van der Waals surface area contributed by atoms with E-state index < -0.39 is 0 Å². The number of rotatable bonds is 2. The van der Waals surface area contributed by atoms with Gasteiger partial charge >= 0.3 is 0 Å². The van der Waals surface area contributed by atoms with Gasteiger partial charge in [0.25, 0.3) is 0 Å². The Hall–Kier alpha value is -1.64. The van der Waals surface area contributed by atoms with Gasteiger partial charge in [0, 0.05) is 17.3 Å². The van der Waals surface area contributed by atoms with Gasteiger partial charge in [-0.2, -0.15) is 5.26 Å². The molecule has 0 saturated heterocycles. The number of nitrogens with one attached hydrogen (secondary N) is 2. The number of nitriles is 1. The first-order valence-electron chi connectivity index (χ1n) is 7.51. The smallest absolute Gasteiger partial charge is 0.228 e. The maximum atomic E-state index is 12.5. The SMILES string of the molecule is N#Cc1c(NC(=O)C2CC3C=CC2C3)sc2c1CCNC2. The van der Waals surface area contributed by atoms with Crippen molar-refractivity contribution in [3.8, 4) is 6.07 Å². The van der Waals surface area contributed by atoms with Gasteiger partial charge in [-0.05, 0) is 43.2 Å². The predicted molar refractivity (Wildman–Crippen MR) is 81.9 cm³/mol. The fourth-order valence-corrected chi connectivity index (χ4v) is 5.00. The van der Waals surface area contributed by atoms with Crippen LogP contribution in [-0.2, 0) is 17.8 Å². The van der Waals surface area contributed by atoms with Crippen LogP contribution in [0.4, 0.5) is 5.00 Å². The molecule has 0 aromatic carbocycles. The molecule has 0 spiro atoms. The quantitative estimate of drug-likeness (QED) is 0.824. The molecule has 4 nitrogen and oxygen atoms in total. The van der Waals surface area contributed by atoms with E-state index in [0.717, 1.165) is 42.9 Å². The first-order chi connectivity index (χ1) is 10.3. The van der Waals surface area contributed by atoms with Gasteiger partial charge in [-0.25, -0.2) is 0 Å². The third kappa shape index (κ3) is 2.10. The third-order valence-electron chi connectivity index (χ3n) is 4.89. The lowest BCUT2D eigenvalue weighted by Crippen LogP contribution is -2.25. The zero-order chi connectivity index (χ0) is 14.4. The number of fused-ring (bicyclic) bond motifs is 3. The Morgan fingerprint density at radius 2 is 2.33 bits per heavy atom. The van der Waals surface area contributed by atoms with Crippen molar-refractivity contribution < 1.29 is 4.79 Å². The van der Waals surface area contributed by atoms with Gasteiger partial charge in [0.15, 0.2) is 0 Å². The summed E-state index contributed by atoms with van der Waals surface area (Å²) in [6.45, 7) is 1.71. The molecule has 4 rings (SSSR count). The monoisotopic (exact) mass is 299 g/mol. The molecule has 108 valence electrons. The number of carbonyl (C=O) groups is 1. The largest absolute Gasteiger partial charge is 0.316 e. The second-order valence-corrected chi connectivity index (χ2v) is 7.23. The average molecular weight is 299 g/mol. The molecule has 2 heterocycles. The van der Waals surface area contributed by atoms with Crippen LogP contribution in [0.5, 0.6) is 0 Å². The Labute approximate surface area is 127 Å². The van der Waals surface area contributed by atoms with Crippen molar-refractivity contribution in [2.45, 2.75) is 25.8 Å². The molecule has 1 fully saturated rings. The summed E-state index contributed by atoms with van der Waals surface area (Å²) in [5.74, 6) is 1.16. The van der Waals surface area contributed by atoms with E-state index in [1.165, 1.54) is 4.88 Å².